The van der Waals surface area contributed by atoms with Crippen LogP contribution in [-0.4, -0.2) is 24.7 Å². The molecule has 0 unspecified atom stereocenters. The van der Waals surface area contributed by atoms with Gasteiger partial charge in [0.15, 0.2) is 0 Å². The Morgan fingerprint density at radius 1 is 1.56 bits per heavy atom. The van der Waals surface area contributed by atoms with Gasteiger partial charge in [0.25, 0.3) is 5.69 Å². The lowest BCUT2D eigenvalue weighted by atomic mass is 10.2. The van der Waals surface area contributed by atoms with Crippen molar-refractivity contribution in [3.63, 3.8) is 0 Å². The fourth-order valence-electron chi connectivity index (χ4n) is 1.39. The molecule has 98 valence electrons. The van der Waals surface area contributed by atoms with Gasteiger partial charge in [0.05, 0.1) is 18.1 Å². The molecule has 0 saturated heterocycles. The summed E-state index contributed by atoms with van der Waals surface area (Å²) in [6, 6.07) is 5.03. The van der Waals surface area contributed by atoms with Gasteiger partial charge in [0, 0.05) is 29.2 Å². The predicted molar refractivity (Wildman–Crippen MR) is 73.5 cm³/mol. The SMILES string of the molecule is C=CCOCCNCc1ccc(Br)cc1[N+](=O)[O-]. The molecule has 0 aliphatic carbocycles. The fraction of sp³-hybridized carbons (Fsp3) is 0.333. The number of nitro groups is 1. The summed E-state index contributed by atoms with van der Waals surface area (Å²) >= 11 is 3.22. The second-order valence-electron chi connectivity index (χ2n) is 3.57. The van der Waals surface area contributed by atoms with Crippen LogP contribution in [0.2, 0.25) is 0 Å². The Bertz CT molecular complexity index is 424. The topological polar surface area (TPSA) is 64.4 Å². The van der Waals surface area contributed by atoms with E-state index in [0.717, 1.165) is 0 Å². The Morgan fingerprint density at radius 3 is 3.00 bits per heavy atom. The molecule has 0 radical (unpaired) electrons. The molecule has 1 N–H and O–H groups in total. The molecule has 0 aliphatic rings. The van der Waals surface area contributed by atoms with Crippen LogP contribution in [-0.2, 0) is 11.3 Å². The maximum atomic E-state index is 10.9. The molecule has 0 aromatic heterocycles. The smallest absolute Gasteiger partial charge is 0.275 e. The average molecular weight is 315 g/mol. The molecule has 0 bridgehead atoms. The number of benzene rings is 1. The van der Waals surface area contributed by atoms with Crippen LogP contribution in [0.3, 0.4) is 0 Å². The summed E-state index contributed by atoms with van der Waals surface area (Å²) < 4.78 is 5.90. The van der Waals surface area contributed by atoms with Crippen molar-refractivity contribution in [2.24, 2.45) is 0 Å². The average Bonchev–Trinajstić information content (AvgIpc) is 2.35. The maximum Gasteiger partial charge on any atom is 0.275 e. The van der Waals surface area contributed by atoms with Crippen molar-refractivity contribution in [3.05, 3.63) is 51.0 Å². The molecule has 0 heterocycles. The highest BCUT2D eigenvalue weighted by molar-refractivity contribution is 9.10. The second-order valence-corrected chi connectivity index (χ2v) is 4.49. The van der Waals surface area contributed by atoms with Crippen LogP contribution >= 0.6 is 15.9 Å². The molecule has 1 rings (SSSR count). The van der Waals surface area contributed by atoms with Gasteiger partial charge < -0.3 is 10.1 Å². The monoisotopic (exact) mass is 314 g/mol. The number of rotatable bonds is 8. The standard InChI is InChI=1S/C12H15BrN2O3/c1-2-6-18-7-5-14-9-10-3-4-11(13)8-12(10)15(16)17/h2-4,8,14H,1,5-7,9H2. The minimum atomic E-state index is -0.379. The van der Waals surface area contributed by atoms with Crippen molar-refractivity contribution < 1.29 is 9.66 Å². The van der Waals surface area contributed by atoms with Crippen molar-refractivity contribution in [1.29, 1.82) is 0 Å². The Labute approximate surface area is 114 Å². The van der Waals surface area contributed by atoms with Crippen LogP contribution in [0.25, 0.3) is 0 Å². The number of nitrogens with zero attached hydrogens (tertiary/aromatic N) is 1. The number of ether oxygens (including phenoxy) is 1. The van der Waals surface area contributed by atoms with Crippen LogP contribution in [0.1, 0.15) is 5.56 Å². The van der Waals surface area contributed by atoms with E-state index in [1.165, 1.54) is 6.07 Å². The van der Waals surface area contributed by atoms with E-state index in [1.807, 2.05) is 0 Å². The minimum Gasteiger partial charge on any atom is -0.376 e. The number of nitrogens with one attached hydrogen (secondary N) is 1. The van der Waals surface area contributed by atoms with Crippen molar-refractivity contribution in [2.45, 2.75) is 6.54 Å². The third kappa shape index (κ3) is 4.95. The van der Waals surface area contributed by atoms with E-state index in [9.17, 15) is 10.1 Å². The van der Waals surface area contributed by atoms with E-state index < -0.39 is 0 Å². The normalized spacial score (nSPS) is 10.3. The Balaban J connectivity index is 2.46. The summed E-state index contributed by atoms with van der Waals surface area (Å²) in [6.07, 6.45) is 1.68. The van der Waals surface area contributed by atoms with E-state index >= 15 is 0 Å². The Kier molecular flexibility index (Phi) is 6.56. The third-order valence-electron chi connectivity index (χ3n) is 2.22. The van der Waals surface area contributed by atoms with E-state index in [4.69, 9.17) is 4.74 Å². The zero-order valence-electron chi connectivity index (χ0n) is 9.89. The van der Waals surface area contributed by atoms with Gasteiger partial charge >= 0.3 is 0 Å². The first-order chi connectivity index (χ1) is 8.65. The lowest BCUT2D eigenvalue weighted by Crippen LogP contribution is -2.19. The molecule has 1 aromatic carbocycles. The summed E-state index contributed by atoms with van der Waals surface area (Å²) in [7, 11) is 0. The van der Waals surface area contributed by atoms with Crippen molar-refractivity contribution >= 4 is 21.6 Å². The summed E-state index contributed by atoms with van der Waals surface area (Å²) in [4.78, 5) is 10.5. The van der Waals surface area contributed by atoms with Crippen molar-refractivity contribution in [2.75, 3.05) is 19.8 Å². The highest BCUT2D eigenvalue weighted by Crippen LogP contribution is 2.23. The van der Waals surface area contributed by atoms with Crippen molar-refractivity contribution in [1.82, 2.24) is 5.32 Å². The molecule has 0 aliphatic heterocycles. The Morgan fingerprint density at radius 2 is 2.33 bits per heavy atom. The molecule has 0 saturated carbocycles. The third-order valence-corrected chi connectivity index (χ3v) is 2.71. The van der Waals surface area contributed by atoms with E-state index in [0.29, 0.717) is 36.3 Å². The first-order valence-electron chi connectivity index (χ1n) is 5.47. The zero-order chi connectivity index (χ0) is 13.4. The van der Waals surface area contributed by atoms with Gasteiger partial charge in [-0.05, 0) is 12.1 Å². The molecule has 18 heavy (non-hydrogen) atoms. The maximum absolute atomic E-state index is 10.9. The van der Waals surface area contributed by atoms with Gasteiger partial charge in [-0.2, -0.15) is 0 Å². The van der Waals surface area contributed by atoms with Crippen LogP contribution in [0, 0.1) is 10.1 Å². The van der Waals surface area contributed by atoms with E-state index in [2.05, 4.69) is 27.8 Å². The lowest BCUT2D eigenvalue weighted by molar-refractivity contribution is -0.385. The minimum absolute atomic E-state index is 0.115. The highest BCUT2D eigenvalue weighted by Gasteiger charge is 2.13. The number of hydrogen-bond donors (Lipinski definition) is 1. The van der Waals surface area contributed by atoms with Gasteiger partial charge in [-0.1, -0.05) is 22.0 Å². The molecule has 5 nitrogen and oxygen atoms in total. The predicted octanol–water partition coefficient (Wildman–Crippen LogP) is 2.65. The second kappa shape index (κ2) is 7.97. The molecule has 6 heteroatoms. The molecule has 0 fully saturated rings. The van der Waals surface area contributed by atoms with E-state index in [-0.39, 0.29) is 10.6 Å². The molecule has 0 spiro atoms. The van der Waals surface area contributed by atoms with Gasteiger partial charge in [0.1, 0.15) is 0 Å². The van der Waals surface area contributed by atoms with E-state index in [1.54, 1.807) is 18.2 Å². The molecule has 0 amide bonds. The van der Waals surface area contributed by atoms with Crippen LogP contribution < -0.4 is 5.32 Å². The zero-order valence-corrected chi connectivity index (χ0v) is 11.5. The molecular formula is C12H15BrN2O3. The summed E-state index contributed by atoms with van der Waals surface area (Å²) in [5, 5.41) is 14.0. The fourth-order valence-corrected chi connectivity index (χ4v) is 1.74. The summed E-state index contributed by atoms with van der Waals surface area (Å²) in [5.74, 6) is 0. The quantitative estimate of drug-likeness (QED) is 0.347. The van der Waals surface area contributed by atoms with Gasteiger partial charge in [-0.3, -0.25) is 10.1 Å². The van der Waals surface area contributed by atoms with Crippen LogP contribution in [0.15, 0.2) is 35.3 Å². The van der Waals surface area contributed by atoms with Crippen molar-refractivity contribution in [3.8, 4) is 0 Å². The lowest BCUT2D eigenvalue weighted by Gasteiger charge is -2.06. The van der Waals surface area contributed by atoms with Gasteiger partial charge in [-0.25, -0.2) is 0 Å². The van der Waals surface area contributed by atoms with Crippen LogP contribution in [0.5, 0.6) is 0 Å². The van der Waals surface area contributed by atoms with Crippen LogP contribution in [0.4, 0.5) is 5.69 Å². The molecular weight excluding hydrogens is 300 g/mol. The summed E-state index contributed by atoms with van der Waals surface area (Å²) in [5.41, 5.74) is 0.774. The van der Waals surface area contributed by atoms with Gasteiger partial charge in [0.2, 0.25) is 0 Å². The number of nitro benzene ring substituents is 1. The molecule has 0 atom stereocenters. The summed E-state index contributed by atoms with van der Waals surface area (Å²) in [6.45, 7) is 5.69. The largest absolute Gasteiger partial charge is 0.376 e. The highest BCUT2D eigenvalue weighted by atomic mass is 79.9. The number of hydrogen-bond acceptors (Lipinski definition) is 4. The Hall–Kier alpha value is -1.24. The first-order valence-corrected chi connectivity index (χ1v) is 6.26. The number of halogens is 1. The first kappa shape index (κ1) is 14.8. The van der Waals surface area contributed by atoms with Gasteiger partial charge in [-0.15, -0.1) is 6.58 Å². The molecule has 1 aromatic rings.